The summed E-state index contributed by atoms with van der Waals surface area (Å²) in [6, 6.07) is 8.37. The van der Waals surface area contributed by atoms with Crippen LogP contribution >= 0.6 is 11.6 Å². The Kier molecular flexibility index (Phi) is 3.10. The van der Waals surface area contributed by atoms with Crippen molar-refractivity contribution in [3.63, 3.8) is 0 Å². The van der Waals surface area contributed by atoms with Crippen molar-refractivity contribution in [2.24, 2.45) is 7.05 Å². The Hall–Kier alpha value is -1.32. The van der Waals surface area contributed by atoms with Crippen LogP contribution in [0, 0.1) is 0 Å². The zero-order valence-corrected chi connectivity index (χ0v) is 11.1. The zero-order chi connectivity index (χ0) is 12.5. The van der Waals surface area contributed by atoms with Crippen molar-refractivity contribution in [3.8, 4) is 11.1 Å². The van der Waals surface area contributed by atoms with Crippen LogP contribution in [0.15, 0.2) is 30.5 Å². The van der Waals surface area contributed by atoms with Crippen LogP contribution in [0.4, 0.5) is 0 Å². The number of aryl methyl sites for hydroxylation is 1. The summed E-state index contributed by atoms with van der Waals surface area (Å²) in [6.07, 6.45) is 4.33. The number of benzene rings is 1. The normalized spacial score (nSPS) is 19.3. The molecule has 1 aromatic carbocycles. The van der Waals surface area contributed by atoms with Gasteiger partial charge in [-0.25, -0.2) is 0 Å². The van der Waals surface area contributed by atoms with E-state index >= 15 is 0 Å². The summed E-state index contributed by atoms with van der Waals surface area (Å²) in [5.41, 5.74) is 3.58. The predicted octanol–water partition coefficient (Wildman–Crippen LogP) is 3.17. The van der Waals surface area contributed by atoms with Crippen molar-refractivity contribution in [1.82, 2.24) is 15.1 Å². The average Bonchev–Trinajstić information content (AvgIpc) is 2.97. The van der Waals surface area contributed by atoms with Gasteiger partial charge in [0.25, 0.3) is 0 Å². The van der Waals surface area contributed by atoms with Gasteiger partial charge in [-0.1, -0.05) is 23.7 Å². The van der Waals surface area contributed by atoms with Crippen LogP contribution in [0.5, 0.6) is 0 Å². The molecule has 1 aromatic heterocycles. The van der Waals surface area contributed by atoms with Gasteiger partial charge in [-0.15, -0.1) is 0 Å². The lowest BCUT2D eigenvalue weighted by Gasteiger charge is -2.13. The third-order valence-electron chi connectivity index (χ3n) is 3.51. The number of nitrogens with one attached hydrogen (secondary N) is 1. The molecule has 1 N–H and O–H groups in total. The van der Waals surface area contributed by atoms with Crippen LogP contribution in [-0.4, -0.2) is 16.3 Å². The molecule has 94 valence electrons. The maximum atomic E-state index is 6.07. The highest BCUT2D eigenvalue weighted by Gasteiger charge is 2.23. The van der Waals surface area contributed by atoms with Crippen molar-refractivity contribution in [2.75, 3.05) is 6.54 Å². The lowest BCUT2D eigenvalue weighted by molar-refractivity contribution is 0.575. The van der Waals surface area contributed by atoms with Gasteiger partial charge in [0.1, 0.15) is 0 Å². The second-order valence-electron chi connectivity index (χ2n) is 4.73. The second-order valence-corrected chi connectivity index (χ2v) is 5.16. The molecule has 2 heterocycles. The highest BCUT2D eigenvalue weighted by molar-refractivity contribution is 6.30. The van der Waals surface area contributed by atoms with Crippen LogP contribution in [-0.2, 0) is 7.05 Å². The molecule has 4 heteroatoms. The Bertz CT molecular complexity index is 556. The van der Waals surface area contributed by atoms with E-state index in [2.05, 4.69) is 16.5 Å². The SMILES string of the molecule is Cn1ncc(-c2cccc(Cl)c2)c1C1CCCN1. The molecule has 0 aliphatic carbocycles. The van der Waals surface area contributed by atoms with Crippen molar-refractivity contribution < 1.29 is 0 Å². The first kappa shape index (κ1) is 11.8. The van der Waals surface area contributed by atoms with Crippen LogP contribution < -0.4 is 5.32 Å². The van der Waals surface area contributed by atoms with Gasteiger partial charge in [0.15, 0.2) is 0 Å². The van der Waals surface area contributed by atoms with Crippen LogP contribution in [0.1, 0.15) is 24.6 Å². The molecule has 0 saturated carbocycles. The van der Waals surface area contributed by atoms with Crippen molar-refractivity contribution in [3.05, 3.63) is 41.2 Å². The van der Waals surface area contributed by atoms with Crippen molar-refractivity contribution in [1.29, 1.82) is 0 Å². The van der Waals surface area contributed by atoms with Gasteiger partial charge in [-0.2, -0.15) is 5.10 Å². The Morgan fingerprint density at radius 1 is 1.44 bits per heavy atom. The van der Waals surface area contributed by atoms with E-state index in [0.29, 0.717) is 6.04 Å². The van der Waals surface area contributed by atoms with E-state index < -0.39 is 0 Å². The molecule has 18 heavy (non-hydrogen) atoms. The van der Waals surface area contributed by atoms with Gasteiger partial charge < -0.3 is 5.32 Å². The fourth-order valence-corrected chi connectivity index (χ4v) is 2.85. The summed E-state index contributed by atoms with van der Waals surface area (Å²) in [6.45, 7) is 1.09. The predicted molar refractivity (Wildman–Crippen MR) is 73.6 cm³/mol. The number of nitrogens with zero attached hydrogens (tertiary/aromatic N) is 2. The molecule has 1 aliphatic rings. The van der Waals surface area contributed by atoms with Gasteiger partial charge in [0, 0.05) is 23.7 Å². The average molecular weight is 262 g/mol. The van der Waals surface area contributed by atoms with Gasteiger partial charge >= 0.3 is 0 Å². The summed E-state index contributed by atoms with van der Waals surface area (Å²) < 4.78 is 1.97. The van der Waals surface area contributed by atoms with E-state index in [-0.39, 0.29) is 0 Å². The first-order valence-corrected chi connectivity index (χ1v) is 6.65. The summed E-state index contributed by atoms with van der Waals surface area (Å²) in [5.74, 6) is 0. The maximum absolute atomic E-state index is 6.07. The molecule has 2 aromatic rings. The largest absolute Gasteiger partial charge is 0.309 e. The van der Waals surface area contributed by atoms with Crippen LogP contribution in [0.2, 0.25) is 5.02 Å². The zero-order valence-electron chi connectivity index (χ0n) is 10.4. The lowest BCUT2D eigenvalue weighted by atomic mass is 10.0. The lowest BCUT2D eigenvalue weighted by Crippen LogP contribution is -2.17. The topological polar surface area (TPSA) is 29.9 Å². The second kappa shape index (κ2) is 4.75. The fourth-order valence-electron chi connectivity index (χ4n) is 2.66. The highest BCUT2D eigenvalue weighted by atomic mass is 35.5. The van der Waals surface area contributed by atoms with E-state index in [1.165, 1.54) is 24.1 Å². The molecule has 1 unspecified atom stereocenters. The third-order valence-corrected chi connectivity index (χ3v) is 3.75. The number of hydrogen-bond donors (Lipinski definition) is 1. The minimum absolute atomic E-state index is 0.409. The molecule has 0 radical (unpaired) electrons. The van der Waals surface area contributed by atoms with E-state index in [9.17, 15) is 0 Å². The number of aromatic nitrogens is 2. The first-order valence-electron chi connectivity index (χ1n) is 6.27. The summed E-state index contributed by atoms with van der Waals surface area (Å²) >= 11 is 6.07. The quantitative estimate of drug-likeness (QED) is 0.900. The first-order chi connectivity index (χ1) is 8.75. The summed E-state index contributed by atoms with van der Waals surface area (Å²) in [7, 11) is 2.00. The van der Waals surface area contributed by atoms with Crippen LogP contribution in [0.3, 0.4) is 0 Å². The smallest absolute Gasteiger partial charge is 0.0628 e. The Morgan fingerprint density at radius 2 is 2.33 bits per heavy atom. The standard InChI is InChI=1S/C14H16ClN3/c1-18-14(13-6-3-7-16-13)12(9-17-18)10-4-2-5-11(15)8-10/h2,4-5,8-9,13,16H,3,6-7H2,1H3. The molecular weight excluding hydrogens is 246 g/mol. The molecule has 3 rings (SSSR count). The summed E-state index contributed by atoms with van der Waals surface area (Å²) in [5, 5.41) is 8.70. The van der Waals surface area contributed by atoms with E-state index in [4.69, 9.17) is 11.6 Å². The Morgan fingerprint density at radius 3 is 3.06 bits per heavy atom. The van der Waals surface area contributed by atoms with Crippen molar-refractivity contribution in [2.45, 2.75) is 18.9 Å². The minimum atomic E-state index is 0.409. The summed E-state index contributed by atoms with van der Waals surface area (Å²) in [4.78, 5) is 0. The Balaban J connectivity index is 2.07. The van der Waals surface area contributed by atoms with Gasteiger partial charge in [-0.05, 0) is 37.1 Å². The number of hydrogen-bond acceptors (Lipinski definition) is 2. The van der Waals surface area contributed by atoms with Gasteiger partial charge in [0.2, 0.25) is 0 Å². The van der Waals surface area contributed by atoms with E-state index in [1.54, 1.807) is 0 Å². The highest BCUT2D eigenvalue weighted by Crippen LogP contribution is 2.32. The van der Waals surface area contributed by atoms with Gasteiger partial charge in [0.05, 0.1) is 11.9 Å². The maximum Gasteiger partial charge on any atom is 0.0628 e. The van der Waals surface area contributed by atoms with E-state index in [1.807, 2.05) is 36.1 Å². The molecule has 1 aliphatic heterocycles. The molecule has 0 bridgehead atoms. The van der Waals surface area contributed by atoms with Gasteiger partial charge in [-0.3, -0.25) is 4.68 Å². The molecule has 3 nitrogen and oxygen atoms in total. The molecule has 1 saturated heterocycles. The monoisotopic (exact) mass is 261 g/mol. The van der Waals surface area contributed by atoms with Crippen LogP contribution in [0.25, 0.3) is 11.1 Å². The number of halogens is 1. The molecule has 1 fully saturated rings. The fraction of sp³-hybridized carbons (Fsp3) is 0.357. The van der Waals surface area contributed by atoms with Crippen molar-refractivity contribution >= 4 is 11.6 Å². The van der Waals surface area contributed by atoms with E-state index in [0.717, 1.165) is 17.1 Å². The minimum Gasteiger partial charge on any atom is -0.309 e. The Labute approximate surface area is 112 Å². The molecule has 0 amide bonds. The molecule has 1 atom stereocenters. The number of rotatable bonds is 2. The molecular formula is C14H16ClN3. The molecule has 0 spiro atoms. The third kappa shape index (κ3) is 2.04.